The van der Waals surface area contributed by atoms with E-state index in [-0.39, 0.29) is 29.5 Å². The number of thiophene rings is 1. The number of allylic oxidation sites excluding steroid dienone is 1. The lowest BCUT2D eigenvalue weighted by Gasteiger charge is -2.40. The fraction of sp³-hybridized carbons (Fsp3) is 0.481. The third kappa shape index (κ3) is 4.41. The summed E-state index contributed by atoms with van der Waals surface area (Å²) in [6.07, 6.45) is 10.7. The van der Waals surface area contributed by atoms with Crippen molar-refractivity contribution in [2.24, 2.45) is 5.92 Å². The lowest BCUT2D eigenvalue weighted by atomic mass is 9.92. The van der Waals surface area contributed by atoms with Crippen molar-refractivity contribution in [3.63, 3.8) is 0 Å². The van der Waals surface area contributed by atoms with Gasteiger partial charge >= 0.3 is 0 Å². The molecule has 3 aromatic heterocycles. The maximum Gasteiger partial charge on any atom is 0.224 e. The van der Waals surface area contributed by atoms with E-state index in [4.69, 9.17) is 0 Å². The van der Waals surface area contributed by atoms with E-state index in [9.17, 15) is 13.2 Å². The van der Waals surface area contributed by atoms with Crippen LogP contribution in [0.2, 0.25) is 0 Å². The summed E-state index contributed by atoms with van der Waals surface area (Å²) in [5.41, 5.74) is 3.57. The molecular weight excluding hydrogens is 492 g/mol. The third-order valence-electron chi connectivity index (χ3n) is 8.16. The van der Waals surface area contributed by atoms with Crippen LogP contribution in [-0.4, -0.2) is 71.4 Å². The molecule has 3 aliphatic rings. The number of rotatable bonds is 5. The van der Waals surface area contributed by atoms with Crippen molar-refractivity contribution in [1.29, 1.82) is 0 Å². The molecule has 3 atom stereocenters. The summed E-state index contributed by atoms with van der Waals surface area (Å²) in [5, 5.41) is 3.18. The predicted octanol–water partition coefficient (Wildman–Crippen LogP) is 3.94. The van der Waals surface area contributed by atoms with Crippen molar-refractivity contribution < 1.29 is 13.2 Å². The molecule has 5 heterocycles. The van der Waals surface area contributed by atoms with Crippen LogP contribution in [0, 0.1) is 5.92 Å². The summed E-state index contributed by atoms with van der Waals surface area (Å²) >= 11 is 1.65. The van der Waals surface area contributed by atoms with Crippen molar-refractivity contribution >= 4 is 44.1 Å². The first-order chi connectivity index (χ1) is 17.4. The molecule has 7 nitrogen and oxygen atoms in total. The SMILES string of the molecule is C[C@@H]1CCN(C(=O)CC(c2cccs2)N2CCS(=O)(=O)CC2)C[C@@H]1n1ccc2cnc3c(c21)C=CC3. The molecule has 0 bridgehead atoms. The maximum absolute atomic E-state index is 13.7. The first-order valence-corrected chi connectivity index (χ1v) is 15.5. The summed E-state index contributed by atoms with van der Waals surface area (Å²) in [6.45, 7) is 4.72. The van der Waals surface area contributed by atoms with E-state index in [1.807, 2.05) is 22.5 Å². The topological polar surface area (TPSA) is 75.5 Å². The molecule has 2 saturated heterocycles. The smallest absolute Gasteiger partial charge is 0.224 e. The van der Waals surface area contributed by atoms with Crippen LogP contribution in [0.3, 0.4) is 0 Å². The summed E-state index contributed by atoms with van der Waals surface area (Å²) in [4.78, 5) is 23.7. The standard InChI is InChI=1S/C27H32N4O3S2/c1-19-7-9-30(18-24(19)31-10-8-20-17-28-22-5-2-4-21(22)27(20)31)26(32)16-23(25-6-3-13-35-25)29-11-14-36(33,34)15-12-29/h2-4,6,8,10,13,17,19,23-24H,5,7,9,11-12,14-16,18H2,1H3/t19-,23?,24+/m1/s1. The van der Waals surface area contributed by atoms with Gasteiger partial charge in [-0.15, -0.1) is 11.3 Å². The van der Waals surface area contributed by atoms with Gasteiger partial charge < -0.3 is 9.47 Å². The van der Waals surface area contributed by atoms with Gasteiger partial charge in [0.25, 0.3) is 0 Å². The van der Waals surface area contributed by atoms with Crippen LogP contribution in [0.5, 0.6) is 0 Å². The Morgan fingerprint density at radius 3 is 2.83 bits per heavy atom. The molecule has 1 amide bonds. The minimum atomic E-state index is -2.97. The monoisotopic (exact) mass is 524 g/mol. The van der Waals surface area contributed by atoms with Crippen molar-refractivity contribution in [3.8, 4) is 0 Å². The van der Waals surface area contributed by atoms with E-state index >= 15 is 0 Å². The van der Waals surface area contributed by atoms with Crippen LogP contribution < -0.4 is 0 Å². The Bertz CT molecular complexity index is 1400. The molecule has 190 valence electrons. The number of hydrogen-bond acceptors (Lipinski definition) is 6. The molecule has 2 fully saturated rings. The Balaban J connectivity index is 1.23. The predicted molar refractivity (Wildman–Crippen MR) is 144 cm³/mol. The number of sulfone groups is 1. The van der Waals surface area contributed by atoms with E-state index in [0.717, 1.165) is 35.3 Å². The zero-order valence-corrected chi connectivity index (χ0v) is 22.2. The molecule has 6 rings (SSSR count). The zero-order chi connectivity index (χ0) is 24.9. The highest BCUT2D eigenvalue weighted by Gasteiger charge is 2.35. The second kappa shape index (κ2) is 9.43. The molecule has 0 spiro atoms. The summed E-state index contributed by atoms with van der Waals surface area (Å²) < 4.78 is 26.4. The van der Waals surface area contributed by atoms with Crippen LogP contribution >= 0.6 is 11.3 Å². The minimum Gasteiger partial charge on any atom is -0.342 e. The molecule has 0 saturated carbocycles. The molecule has 0 radical (unpaired) electrons. The quantitative estimate of drug-likeness (QED) is 0.506. The minimum absolute atomic E-state index is 0.0716. The Kier molecular flexibility index (Phi) is 6.25. The van der Waals surface area contributed by atoms with Gasteiger partial charge in [-0.05, 0) is 29.9 Å². The second-order valence-corrected chi connectivity index (χ2v) is 13.6. The Morgan fingerprint density at radius 1 is 1.22 bits per heavy atom. The molecule has 3 aromatic rings. The molecule has 2 aliphatic heterocycles. The van der Waals surface area contributed by atoms with Gasteiger partial charge in [-0.25, -0.2) is 8.42 Å². The number of fused-ring (bicyclic) bond motifs is 3. The normalized spacial score (nSPS) is 24.8. The van der Waals surface area contributed by atoms with Crippen molar-refractivity contribution in [3.05, 3.63) is 58.2 Å². The summed E-state index contributed by atoms with van der Waals surface area (Å²) in [7, 11) is -2.97. The first kappa shape index (κ1) is 23.9. The van der Waals surface area contributed by atoms with E-state index in [1.165, 1.54) is 11.1 Å². The number of pyridine rings is 1. The number of likely N-dealkylation sites (tertiary alicyclic amines) is 1. The van der Waals surface area contributed by atoms with E-state index in [0.29, 0.717) is 32.0 Å². The average Bonchev–Trinajstić information content (AvgIpc) is 3.63. The van der Waals surface area contributed by atoms with Gasteiger partial charge in [0.15, 0.2) is 9.84 Å². The van der Waals surface area contributed by atoms with Crippen LogP contribution in [0.25, 0.3) is 17.0 Å². The van der Waals surface area contributed by atoms with Gasteiger partial charge in [0.2, 0.25) is 5.91 Å². The van der Waals surface area contributed by atoms with Crippen molar-refractivity contribution in [2.75, 3.05) is 37.7 Å². The lowest BCUT2D eigenvalue weighted by Crippen LogP contribution is -2.47. The van der Waals surface area contributed by atoms with Gasteiger partial charge in [-0.3, -0.25) is 14.7 Å². The average molecular weight is 525 g/mol. The maximum atomic E-state index is 13.7. The third-order valence-corrected chi connectivity index (χ3v) is 10.7. The van der Waals surface area contributed by atoms with Gasteiger partial charge in [0.1, 0.15) is 0 Å². The number of carbonyl (C=O) groups is 1. The van der Waals surface area contributed by atoms with Gasteiger partial charge in [0, 0.05) is 67.2 Å². The van der Waals surface area contributed by atoms with Gasteiger partial charge in [0.05, 0.1) is 34.8 Å². The van der Waals surface area contributed by atoms with Crippen LogP contribution in [0.4, 0.5) is 0 Å². The highest BCUT2D eigenvalue weighted by Crippen LogP contribution is 2.36. The van der Waals surface area contributed by atoms with E-state index in [2.05, 4.69) is 51.9 Å². The van der Waals surface area contributed by atoms with Crippen molar-refractivity contribution in [2.45, 2.75) is 38.3 Å². The van der Waals surface area contributed by atoms with Gasteiger partial charge in [-0.2, -0.15) is 0 Å². The number of hydrogen-bond donors (Lipinski definition) is 0. The second-order valence-electron chi connectivity index (χ2n) is 10.3. The zero-order valence-electron chi connectivity index (χ0n) is 20.5. The first-order valence-electron chi connectivity index (χ1n) is 12.8. The fourth-order valence-electron chi connectivity index (χ4n) is 5.98. The number of piperidine rings is 1. The Labute approximate surface area is 216 Å². The molecule has 1 unspecified atom stereocenters. The Hall–Kier alpha value is -2.49. The molecule has 1 aliphatic carbocycles. The Morgan fingerprint density at radius 2 is 2.06 bits per heavy atom. The van der Waals surface area contributed by atoms with E-state index < -0.39 is 9.84 Å². The summed E-state index contributed by atoms with van der Waals surface area (Å²) in [6, 6.07) is 6.36. The molecular formula is C27H32N4O3S2. The van der Waals surface area contributed by atoms with E-state index in [1.54, 1.807) is 11.3 Å². The molecule has 0 aromatic carbocycles. The molecule has 36 heavy (non-hydrogen) atoms. The lowest BCUT2D eigenvalue weighted by molar-refractivity contribution is -0.134. The number of nitrogens with zero attached hydrogens (tertiary/aromatic N) is 4. The fourth-order valence-corrected chi connectivity index (χ4v) is 8.07. The highest BCUT2D eigenvalue weighted by molar-refractivity contribution is 7.91. The van der Waals surface area contributed by atoms with Gasteiger partial charge in [-0.1, -0.05) is 25.1 Å². The molecule has 9 heteroatoms. The summed E-state index contributed by atoms with van der Waals surface area (Å²) in [5.74, 6) is 0.947. The highest BCUT2D eigenvalue weighted by atomic mass is 32.2. The number of amides is 1. The van der Waals surface area contributed by atoms with Crippen LogP contribution in [-0.2, 0) is 21.1 Å². The number of aromatic nitrogens is 2. The van der Waals surface area contributed by atoms with Crippen LogP contribution in [0.15, 0.2) is 42.0 Å². The molecule has 0 N–H and O–H groups in total. The van der Waals surface area contributed by atoms with Crippen LogP contribution in [0.1, 0.15) is 48.0 Å². The number of carbonyl (C=O) groups excluding carboxylic acids is 1. The largest absolute Gasteiger partial charge is 0.342 e. The van der Waals surface area contributed by atoms with Crippen molar-refractivity contribution in [1.82, 2.24) is 19.4 Å².